The van der Waals surface area contributed by atoms with E-state index >= 15 is 0 Å². The summed E-state index contributed by atoms with van der Waals surface area (Å²) in [4.78, 5) is 13.9. The molecule has 0 aliphatic heterocycles. The Morgan fingerprint density at radius 2 is 1.79 bits per heavy atom. The summed E-state index contributed by atoms with van der Waals surface area (Å²) in [5.41, 5.74) is 3.57. The van der Waals surface area contributed by atoms with E-state index in [9.17, 15) is 4.79 Å². The van der Waals surface area contributed by atoms with Crippen LogP contribution in [0.2, 0.25) is 0 Å². The third-order valence-corrected chi connectivity index (χ3v) is 3.99. The Labute approximate surface area is 117 Å². The average molecular weight is 276 g/mol. The number of nitrogens with one attached hydrogen (secondary N) is 2. The number of aromatic amines is 1. The van der Waals surface area contributed by atoms with Gasteiger partial charge in [-0.15, -0.1) is 0 Å². The number of aromatic nitrogens is 1. The summed E-state index contributed by atoms with van der Waals surface area (Å²) in [6, 6.07) is 8.98. The van der Waals surface area contributed by atoms with Gasteiger partial charge in [-0.2, -0.15) is 0 Å². The van der Waals surface area contributed by atoms with Gasteiger partial charge in [0.25, 0.3) is 0 Å². The quantitative estimate of drug-likeness (QED) is 0.879. The lowest BCUT2D eigenvalue weighted by atomic mass is 9.99. The second kappa shape index (κ2) is 6.17. The summed E-state index contributed by atoms with van der Waals surface area (Å²) in [5, 5.41) is 5.28. The zero-order valence-electron chi connectivity index (χ0n) is 11.6. The highest BCUT2D eigenvalue weighted by atomic mass is 32.1. The Morgan fingerprint density at radius 1 is 1.16 bits per heavy atom. The molecule has 1 heterocycles. The van der Waals surface area contributed by atoms with Gasteiger partial charge in [-0.1, -0.05) is 49.4 Å². The number of rotatable bonds is 5. The van der Waals surface area contributed by atoms with Crippen molar-refractivity contribution in [1.82, 2.24) is 10.3 Å². The molecule has 3 nitrogen and oxygen atoms in total. The first-order valence-corrected chi connectivity index (χ1v) is 7.44. The lowest BCUT2D eigenvalue weighted by molar-refractivity contribution is 0.568. The summed E-state index contributed by atoms with van der Waals surface area (Å²) in [5.74, 6) is 0.563. The molecule has 0 saturated heterocycles. The zero-order valence-corrected chi connectivity index (χ0v) is 12.4. The van der Waals surface area contributed by atoms with Crippen LogP contribution in [0.15, 0.2) is 34.4 Å². The molecule has 4 heteroatoms. The van der Waals surface area contributed by atoms with Crippen molar-refractivity contribution >= 4 is 11.3 Å². The molecule has 2 aromatic rings. The van der Waals surface area contributed by atoms with Crippen molar-refractivity contribution in [2.24, 2.45) is 0 Å². The van der Waals surface area contributed by atoms with Crippen LogP contribution in [0.5, 0.6) is 0 Å². The second-order valence-corrected chi connectivity index (χ2v) is 5.94. The molecule has 1 aromatic heterocycles. The van der Waals surface area contributed by atoms with Gasteiger partial charge < -0.3 is 10.3 Å². The number of thiazole rings is 1. The fourth-order valence-corrected chi connectivity index (χ4v) is 2.53. The maximum absolute atomic E-state index is 11.0. The van der Waals surface area contributed by atoms with E-state index in [4.69, 9.17) is 0 Å². The third-order valence-electron chi connectivity index (χ3n) is 3.27. The molecule has 0 amide bonds. The first-order chi connectivity index (χ1) is 9.06. The smallest absolute Gasteiger partial charge is 0.304 e. The van der Waals surface area contributed by atoms with E-state index in [-0.39, 0.29) is 10.9 Å². The van der Waals surface area contributed by atoms with Crippen LogP contribution in [0.25, 0.3) is 0 Å². The predicted octanol–water partition coefficient (Wildman–Crippen LogP) is 3.41. The van der Waals surface area contributed by atoms with Crippen LogP contribution >= 0.6 is 11.3 Å². The van der Waals surface area contributed by atoms with Crippen LogP contribution < -0.4 is 10.2 Å². The lowest BCUT2D eigenvalue weighted by Crippen LogP contribution is -2.18. The van der Waals surface area contributed by atoms with E-state index < -0.39 is 0 Å². The summed E-state index contributed by atoms with van der Waals surface area (Å²) in [6.45, 7) is 7.22. The standard InChI is InChI=1S/C15H20N2OS/c1-10(2)12-4-6-13(7-5-12)11(3)16-8-14-9-19-15(18)17-14/h4-7,9-11,16H,8H2,1-3H3,(H,17,18). The van der Waals surface area contributed by atoms with E-state index in [0.29, 0.717) is 12.5 Å². The molecule has 1 aromatic carbocycles. The van der Waals surface area contributed by atoms with Gasteiger partial charge in [-0.05, 0) is 24.0 Å². The molecule has 1 atom stereocenters. The number of H-pyrrole nitrogens is 1. The number of hydrogen-bond donors (Lipinski definition) is 2. The summed E-state index contributed by atoms with van der Waals surface area (Å²) < 4.78 is 0. The van der Waals surface area contributed by atoms with Crippen LogP contribution in [0.4, 0.5) is 0 Å². The fourth-order valence-electron chi connectivity index (χ4n) is 1.95. The van der Waals surface area contributed by atoms with E-state index in [1.807, 2.05) is 5.38 Å². The molecule has 0 aliphatic carbocycles. The number of benzene rings is 1. The minimum atomic E-state index is 0.00531. The molecule has 2 N–H and O–H groups in total. The van der Waals surface area contributed by atoms with Gasteiger partial charge in [0.2, 0.25) is 0 Å². The van der Waals surface area contributed by atoms with E-state index in [1.165, 1.54) is 22.5 Å². The van der Waals surface area contributed by atoms with Crippen molar-refractivity contribution in [3.05, 3.63) is 56.1 Å². The van der Waals surface area contributed by atoms with Crippen molar-refractivity contribution in [3.8, 4) is 0 Å². The first-order valence-electron chi connectivity index (χ1n) is 6.56. The molecular formula is C15H20N2OS. The molecule has 0 saturated carbocycles. The maximum Gasteiger partial charge on any atom is 0.304 e. The average Bonchev–Trinajstić information content (AvgIpc) is 2.82. The molecule has 1 unspecified atom stereocenters. The minimum Gasteiger partial charge on any atom is -0.315 e. The van der Waals surface area contributed by atoms with Crippen molar-refractivity contribution in [2.45, 2.75) is 39.3 Å². The van der Waals surface area contributed by atoms with Crippen LogP contribution in [0.3, 0.4) is 0 Å². The minimum absolute atomic E-state index is 0.00531. The predicted molar refractivity (Wildman–Crippen MR) is 80.7 cm³/mol. The van der Waals surface area contributed by atoms with E-state index in [0.717, 1.165) is 5.69 Å². The van der Waals surface area contributed by atoms with Gasteiger partial charge >= 0.3 is 4.87 Å². The first kappa shape index (κ1) is 14.0. The fraction of sp³-hybridized carbons (Fsp3) is 0.400. The Hall–Kier alpha value is -1.39. The van der Waals surface area contributed by atoms with Crippen LogP contribution in [0, 0.1) is 0 Å². The van der Waals surface area contributed by atoms with Gasteiger partial charge in [0.05, 0.1) is 0 Å². The van der Waals surface area contributed by atoms with Gasteiger partial charge in [-0.25, -0.2) is 0 Å². The maximum atomic E-state index is 11.0. The highest BCUT2D eigenvalue weighted by Gasteiger charge is 2.06. The molecule has 19 heavy (non-hydrogen) atoms. The number of hydrogen-bond acceptors (Lipinski definition) is 3. The van der Waals surface area contributed by atoms with Crippen LogP contribution in [0.1, 0.15) is 49.6 Å². The molecule has 0 aliphatic rings. The Morgan fingerprint density at radius 3 is 2.32 bits per heavy atom. The Kier molecular flexibility index (Phi) is 4.56. The molecule has 2 rings (SSSR count). The summed E-state index contributed by atoms with van der Waals surface area (Å²) in [7, 11) is 0. The molecule has 0 bridgehead atoms. The van der Waals surface area contributed by atoms with Gasteiger partial charge in [0.1, 0.15) is 0 Å². The Bertz CT molecular complexity index is 568. The van der Waals surface area contributed by atoms with Gasteiger partial charge in [0, 0.05) is 23.7 Å². The summed E-state index contributed by atoms with van der Waals surface area (Å²) in [6.07, 6.45) is 0. The van der Waals surface area contributed by atoms with Gasteiger partial charge in [-0.3, -0.25) is 4.79 Å². The second-order valence-electron chi connectivity index (χ2n) is 5.10. The van der Waals surface area contributed by atoms with Gasteiger partial charge in [0.15, 0.2) is 0 Å². The SMILES string of the molecule is CC(C)c1ccc(C(C)NCc2csc(=O)[nH]2)cc1. The Balaban J connectivity index is 1.95. The van der Waals surface area contributed by atoms with Crippen LogP contribution in [-0.4, -0.2) is 4.98 Å². The lowest BCUT2D eigenvalue weighted by Gasteiger charge is -2.15. The molecule has 0 spiro atoms. The largest absolute Gasteiger partial charge is 0.315 e. The normalized spacial score (nSPS) is 12.8. The molecule has 0 radical (unpaired) electrons. The molecule has 0 fully saturated rings. The van der Waals surface area contributed by atoms with Crippen molar-refractivity contribution in [2.75, 3.05) is 0 Å². The van der Waals surface area contributed by atoms with E-state index in [1.54, 1.807) is 0 Å². The van der Waals surface area contributed by atoms with Crippen LogP contribution in [-0.2, 0) is 6.54 Å². The zero-order chi connectivity index (χ0) is 13.8. The highest BCUT2D eigenvalue weighted by molar-refractivity contribution is 7.07. The topological polar surface area (TPSA) is 44.9 Å². The van der Waals surface area contributed by atoms with E-state index in [2.05, 4.69) is 55.3 Å². The van der Waals surface area contributed by atoms with Crippen molar-refractivity contribution < 1.29 is 0 Å². The summed E-state index contributed by atoms with van der Waals surface area (Å²) >= 11 is 1.21. The molecular weight excluding hydrogens is 256 g/mol. The van der Waals surface area contributed by atoms with Crippen molar-refractivity contribution in [3.63, 3.8) is 0 Å². The monoisotopic (exact) mass is 276 g/mol. The van der Waals surface area contributed by atoms with Crippen molar-refractivity contribution in [1.29, 1.82) is 0 Å². The third kappa shape index (κ3) is 3.78. The highest BCUT2D eigenvalue weighted by Crippen LogP contribution is 2.18. The molecule has 102 valence electrons.